The maximum Gasteiger partial charge on any atom is 0.137 e. The third kappa shape index (κ3) is 3.95. The van der Waals surface area contributed by atoms with Gasteiger partial charge in [0.05, 0.1) is 16.7 Å². The lowest BCUT2D eigenvalue weighted by Crippen LogP contribution is -1.97. The molecule has 0 radical (unpaired) electrons. The first-order valence-corrected chi connectivity index (χ1v) is 13.5. The fraction of sp³-hybridized carbons (Fsp3) is 0. The lowest BCUT2D eigenvalue weighted by Gasteiger charge is -2.09. The summed E-state index contributed by atoms with van der Waals surface area (Å²) in [6, 6.07) is 35.9. The molecule has 0 spiro atoms. The van der Waals surface area contributed by atoms with Gasteiger partial charge in [-0.1, -0.05) is 54.6 Å². The van der Waals surface area contributed by atoms with E-state index in [0.29, 0.717) is 0 Å². The van der Waals surface area contributed by atoms with E-state index < -0.39 is 0 Å². The molecular formula is C36H23N5. The van der Waals surface area contributed by atoms with Crippen LogP contribution in [0.25, 0.3) is 71.9 Å². The summed E-state index contributed by atoms with van der Waals surface area (Å²) in [6.07, 6.45) is 11.1. The van der Waals surface area contributed by atoms with Crippen molar-refractivity contribution in [3.8, 4) is 39.3 Å². The molecule has 0 fully saturated rings. The van der Waals surface area contributed by atoms with Gasteiger partial charge < -0.3 is 0 Å². The number of hydrogen-bond donors (Lipinski definition) is 0. The van der Waals surface area contributed by atoms with Gasteiger partial charge in [0.2, 0.25) is 0 Å². The molecule has 192 valence electrons. The normalized spacial score (nSPS) is 11.4. The molecule has 8 rings (SSSR count). The van der Waals surface area contributed by atoms with Crippen molar-refractivity contribution in [2.24, 2.45) is 0 Å². The van der Waals surface area contributed by atoms with E-state index in [1.54, 1.807) is 12.4 Å². The topological polar surface area (TPSA) is 56.5 Å². The molecule has 5 aromatic heterocycles. The van der Waals surface area contributed by atoms with Crippen LogP contribution in [-0.4, -0.2) is 24.5 Å². The lowest BCUT2D eigenvalue weighted by molar-refractivity contribution is 1.08. The minimum absolute atomic E-state index is 0.875. The molecule has 0 saturated carbocycles. The molecule has 0 saturated heterocycles. The van der Waals surface area contributed by atoms with E-state index >= 15 is 0 Å². The second kappa shape index (κ2) is 9.50. The number of nitrogens with zero attached hydrogens (tertiary/aromatic N) is 5. The fourth-order valence-electron chi connectivity index (χ4n) is 5.69. The molecule has 41 heavy (non-hydrogen) atoms. The van der Waals surface area contributed by atoms with E-state index in [2.05, 4.69) is 99.5 Å². The number of pyridine rings is 4. The van der Waals surface area contributed by atoms with Crippen LogP contribution in [0.5, 0.6) is 0 Å². The molecule has 0 aliphatic carbocycles. The van der Waals surface area contributed by atoms with E-state index in [1.165, 1.54) is 21.5 Å². The maximum absolute atomic E-state index is 4.91. The van der Waals surface area contributed by atoms with Crippen molar-refractivity contribution in [2.45, 2.75) is 0 Å². The Kier molecular flexibility index (Phi) is 5.38. The van der Waals surface area contributed by atoms with Crippen LogP contribution in [0.2, 0.25) is 0 Å². The Morgan fingerprint density at radius 2 is 1.15 bits per heavy atom. The molecule has 5 nitrogen and oxygen atoms in total. The Bertz CT molecular complexity index is 2170. The Labute approximate surface area is 236 Å². The van der Waals surface area contributed by atoms with Crippen molar-refractivity contribution >= 4 is 32.6 Å². The average molecular weight is 526 g/mol. The van der Waals surface area contributed by atoms with Crippen LogP contribution in [0.1, 0.15) is 0 Å². The minimum Gasteiger partial charge on any atom is -0.294 e. The summed E-state index contributed by atoms with van der Waals surface area (Å²) in [4.78, 5) is 18.2. The number of benzene rings is 3. The maximum atomic E-state index is 4.91. The summed E-state index contributed by atoms with van der Waals surface area (Å²) < 4.78 is 2.26. The summed E-state index contributed by atoms with van der Waals surface area (Å²) in [5, 5.41) is 4.82. The van der Waals surface area contributed by atoms with Crippen LogP contribution < -0.4 is 0 Å². The molecule has 0 atom stereocenters. The van der Waals surface area contributed by atoms with E-state index in [0.717, 1.165) is 50.4 Å². The van der Waals surface area contributed by atoms with Gasteiger partial charge in [0.25, 0.3) is 0 Å². The van der Waals surface area contributed by atoms with Crippen LogP contribution in [-0.2, 0) is 0 Å². The second-order valence-electron chi connectivity index (χ2n) is 10.1. The van der Waals surface area contributed by atoms with Crippen molar-refractivity contribution in [2.75, 3.05) is 0 Å². The van der Waals surface area contributed by atoms with Crippen molar-refractivity contribution in [3.05, 3.63) is 140 Å². The molecule has 0 N–H and O–H groups in total. The van der Waals surface area contributed by atoms with Crippen molar-refractivity contribution in [3.63, 3.8) is 0 Å². The average Bonchev–Trinajstić information content (AvgIpc) is 3.40. The van der Waals surface area contributed by atoms with E-state index in [1.807, 2.05) is 43.0 Å². The Morgan fingerprint density at radius 3 is 1.83 bits per heavy atom. The zero-order chi connectivity index (χ0) is 27.2. The number of fused-ring (bicyclic) bond motifs is 5. The molecule has 0 bridgehead atoms. The quantitative estimate of drug-likeness (QED) is 0.231. The van der Waals surface area contributed by atoms with Crippen molar-refractivity contribution in [1.29, 1.82) is 0 Å². The van der Waals surface area contributed by atoms with Gasteiger partial charge in [0, 0.05) is 75.8 Å². The highest BCUT2D eigenvalue weighted by Gasteiger charge is 2.17. The molecule has 0 aliphatic heterocycles. The predicted octanol–water partition coefficient (Wildman–Crippen LogP) is 8.52. The highest BCUT2D eigenvalue weighted by Crippen LogP contribution is 2.38. The first kappa shape index (κ1) is 23.2. The predicted molar refractivity (Wildman–Crippen MR) is 166 cm³/mol. The van der Waals surface area contributed by atoms with Gasteiger partial charge >= 0.3 is 0 Å². The Morgan fingerprint density at radius 1 is 0.463 bits per heavy atom. The van der Waals surface area contributed by atoms with Gasteiger partial charge in [0.1, 0.15) is 5.82 Å². The van der Waals surface area contributed by atoms with Gasteiger partial charge in [-0.05, 0) is 59.3 Å². The summed E-state index contributed by atoms with van der Waals surface area (Å²) in [5.41, 5.74) is 8.42. The van der Waals surface area contributed by atoms with Crippen LogP contribution in [0, 0.1) is 0 Å². The molecule has 0 aliphatic rings. The van der Waals surface area contributed by atoms with Crippen molar-refractivity contribution in [1.82, 2.24) is 24.5 Å². The standard InChI is InChI=1S/C36H23N5/c1-2-8-30-24(5-1)10-15-34-36(30)31-19-25(32-13-9-28(22-39-32)26-6-3-17-37-20-26)11-14-33(31)41(34)35-16-12-29(23-40-35)27-7-4-18-38-21-27/h1-23H. The highest BCUT2D eigenvalue weighted by molar-refractivity contribution is 6.21. The first-order valence-electron chi connectivity index (χ1n) is 13.5. The number of rotatable bonds is 4. The largest absolute Gasteiger partial charge is 0.294 e. The zero-order valence-corrected chi connectivity index (χ0v) is 22.0. The fourth-order valence-corrected chi connectivity index (χ4v) is 5.69. The minimum atomic E-state index is 0.875. The lowest BCUT2D eigenvalue weighted by atomic mass is 10.0. The third-order valence-corrected chi connectivity index (χ3v) is 7.68. The molecule has 3 aromatic carbocycles. The van der Waals surface area contributed by atoms with E-state index in [4.69, 9.17) is 9.97 Å². The molecule has 0 unspecified atom stereocenters. The monoisotopic (exact) mass is 525 g/mol. The van der Waals surface area contributed by atoms with Gasteiger partial charge in [-0.25, -0.2) is 4.98 Å². The third-order valence-electron chi connectivity index (χ3n) is 7.68. The molecule has 5 heteroatoms. The van der Waals surface area contributed by atoms with E-state index in [-0.39, 0.29) is 0 Å². The van der Waals surface area contributed by atoms with E-state index in [9.17, 15) is 0 Å². The summed E-state index contributed by atoms with van der Waals surface area (Å²) in [5.74, 6) is 0.875. The van der Waals surface area contributed by atoms with Gasteiger partial charge in [-0.15, -0.1) is 0 Å². The van der Waals surface area contributed by atoms with Crippen LogP contribution >= 0.6 is 0 Å². The molecule has 5 heterocycles. The highest BCUT2D eigenvalue weighted by atomic mass is 15.1. The molecule has 0 amide bonds. The zero-order valence-electron chi connectivity index (χ0n) is 22.0. The molecule has 8 aromatic rings. The smallest absolute Gasteiger partial charge is 0.137 e. The SMILES string of the molecule is c1cncc(-c2ccc(-c3ccc4c(c3)c3c5ccccc5ccc3n4-c3ccc(-c4cccnc4)cn3)nc2)c1. The first-order chi connectivity index (χ1) is 20.3. The second-order valence-corrected chi connectivity index (χ2v) is 10.1. The van der Waals surface area contributed by atoms with Gasteiger partial charge in [-0.2, -0.15) is 0 Å². The molecular weight excluding hydrogens is 502 g/mol. The summed E-state index contributed by atoms with van der Waals surface area (Å²) in [6.45, 7) is 0. The van der Waals surface area contributed by atoms with Crippen LogP contribution in [0.4, 0.5) is 0 Å². The summed E-state index contributed by atoms with van der Waals surface area (Å²) >= 11 is 0. The van der Waals surface area contributed by atoms with Crippen LogP contribution in [0.15, 0.2) is 140 Å². The van der Waals surface area contributed by atoms with Crippen molar-refractivity contribution < 1.29 is 0 Å². The summed E-state index contributed by atoms with van der Waals surface area (Å²) in [7, 11) is 0. The Balaban J connectivity index is 1.31. The van der Waals surface area contributed by atoms with Gasteiger partial charge in [0.15, 0.2) is 0 Å². The Hall–Kier alpha value is -5.68. The number of aromatic nitrogens is 5. The number of hydrogen-bond acceptors (Lipinski definition) is 4. The van der Waals surface area contributed by atoms with Crippen LogP contribution in [0.3, 0.4) is 0 Å². The van der Waals surface area contributed by atoms with Gasteiger partial charge in [-0.3, -0.25) is 19.5 Å².